The molecule has 48 heavy (non-hydrogen) atoms. The van der Waals surface area contributed by atoms with Gasteiger partial charge >= 0.3 is 5.97 Å². The minimum Gasteiger partial charge on any atom is -0.486 e. The molecule has 6 rings (SSSR count). The number of aromatic nitrogens is 1. The van der Waals surface area contributed by atoms with E-state index in [1.807, 2.05) is 98.8 Å². The number of ether oxygens (including phenoxy) is 3. The number of benzene rings is 4. The van der Waals surface area contributed by atoms with E-state index in [2.05, 4.69) is 0 Å². The topological polar surface area (TPSA) is 95.0 Å². The fourth-order valence-electron chi connectivity index (χ4n) is 5.75. The van der Waals surface area contributed by atoms with Gasteiger partial charge in [0.1, 0.15) is 30.3 Å². The highest BCUT2D eigenvalue weighted by molar-refractivity contribution is 6.21. The highest BCUT2D eigenvalue weighted by atomic mass is 16.5. The SMILES string of the molecule is CCCc1nc(Cc2cccc(Oc3ccccc3)c2)c(C)c(C(=O)OCCN2C(=O)c3ccccc3C2=O)c1OCc1ccccc1. The van der Waals surface area contributed by atoms with Crippen LogP contribution in [0.25, 0.3) is 0 Å². The minimum atomic E-state index is -0.602. The largest absolute Gasteiger partial charge is 0.486 e. The van der Waals surface area contributed by atoms with E-state index in [1.165, 1.54) is 0 Å². The van der Waals surface area contributed by atoms with Gasteiger partial charge in [-0.2, -0.15) is 0 Å². The molecular weight excluding hydrogens is 604 g/mol. The molecule has 5 aromatic rings. The summed E-state index contributed by atoms with van der Waals surface area (Å²) in [5.74, 6) is 0.415. The van der Waals surface area contributed by atoms with Gasteiger partial charge in [-0.05, 0) is 66.4 Å². The molecule has 0 atom stereocenters. The molecule has 1 aliphatic rings. The summed E-state index contributed by atoms with van der Waals surface area (Å²) in [6.07, 6.45) is 1.82. The molecule has 1 aromatic heterocycles. The number of hydrogen-bond donors (Lipinski definition) is 0. The maximum Gasteiger partial charge on any atom is 0.342 e. The fourth-order valence-corrected chi connectivity index (χ4v) is 5.75. The molecule has 1 aliphatic heterocycles. The zero-order chi connectivity index (χ0) is 33.5. The lowest BCUT2D eigenvalue weighted by Gasteiger charge is -2.20. The first-order chi connectivity index (χ1) is 23.4. The number of amides is 2. The molecule has 4 aromatic carbocycles. The van der Waals surface area contributed by atoms with E-state index < -0.39 is 17.8 Å². The van der Waals surface area contributed by atoms with E-state index in [0.717, 1.165) is 33.9 Å². The van der Waals surface area contributed by atoms with Crippen molar-refractivity contribution < 1.29 is 28.6 Å². The van der Waals surface area contributed by atoms with Gasteiger partial charge in [-0.1, -0.05) is 86.1 Å². The normalized spacial score (nSPS) is 12.2. The fraction of sp³-hybridized carbons (Fsp3) is 0.200. The van der Waals surface area contributed by atoms with Crippen LogP contribution in [-0.2, 0) is 24.2 Å². The molecule has 0 radical (unpaired) electrons. The van der Waals surface area contributed by atoms with Gasteiger partial charge in [-0.3, -0.25) is 19.5 Å². The van der Waals surface area contributed by atoms with Gasteiger partial charge in [0.25, 0.3) is 11.8 Å². The number of aryl methyl sites for hydroxylation is 1. The summed E-state index contributed by atoms with van der Waals surface area (Å²) in [7, 11) is 0. The first-order valence-electron chi connectivity index (χ1n) is 16.1. The summed E-state index contributed by atoms with van der Waals surface area (Å²) in [5.41, 5.74) is 4.92. The van der Waals surface area contributed by atoms with Crippen molar-refractivity contribution in [2.45, 2.75) is 39.7 Å². The van der Waals surface area contributed by atoms with Crippen molar-refractivity contribution in [1.82, 2.24) is 9.88 Å². The monoisotopic (exact) mass is 640 g/mol. The number of rotatable bonds is 13. The van der Waals surface area contributed by atoms with E-state index in [-0.39, 0.29) is 19.8 Å². The Bertz CT molecular complexity index is 1910. The van der Waals surface area contributed by atoms with Crippen LogP contribution in [-0.4, -0.2) is 40.8 Å². The molecule has 2 heterocycles. The van der Waals surface area contributed by atoms with Crippen LogP contribution in [0.4, 0.5) is 0 Å². The zero-order valence-electron chi connectivity index (χ0n) is 27.0. The van der Waals surface area contributed by atoms with Crippen molar-refractivity contribution in [1.29, 1.82) is 0 Å². The van der Waals surface area contributed by atoms with Gasteiger partial charge in [0.2, 0.25) is 0 Å². The number of carbonyl (C=O) groups is 3. The van der Waals surface area contributed by atoms with Crippen molar-refractivity contribution in [3.63, 3.8) is 0 Å². The number of carbonyl (C=O) groups excluding carboxylic acids is 3. The summed E-state index contributed by atoms with van der Waals surface area (Å²) in [5, 5.41) is 0. The van der Waals surface area contributed by atoms with E-state index in [0.29, 0.717) is 52.3 Å². The number of esters is 1. The molecule has 0 fully saturated rings. The third-order valence-electron chi connectivity index (χ3n) is 8.16. The molecule has 0 bridgehead atoms. The Labute approximate surface area is 279 Å². The van der Waals surface area contributed by atoms with Crippen molar-refractivity contribution in [2.24, 2.45) is 0 Å². The third-order valence-corrected chi connectivity index (χ3v) is 8.16. The lowest BCUT2D eigenvalue weighted by molar-refractivity contribution is 0.0415. The molecule has 242 valence electrons. The average Bonchev–Trinajstić information content (AvgIpc) is 3.35. The van der Waals surface area contributed by atoms with Crippen molar-refractivity contribution in [3.8, 4) is 17.2 Å². The molecule has 0 spiro atoms. The summed E-state index contributed by atoms with van der Waals surface area (Å²) < 4.78 is 18.2. The Morgan fingerprint density at radius 2 is 1.38 bits per heavy atom. The Morgan fingerprint density at radius 3 is 2.06 bits per heavy atom. The summed E-state index contributed by atoms with van der Waals surface area (Å²) in [6.45, 7) is 3.91. The van der Waals surface area contributed by atoms with Crippen molar-refractivity contribution in [2.75, 3.05) is 13.2 Å². The van der Waals surface area contributed by atoms with Crippen LogP contribution in [0.15, 0.2) is 109 Å². The second kappa shape index (κ2) is 14.8. The molecule has 0 saturated carbocycles. The van der Waals surface area contributed by atoms with Crippen LogP contribution >= 0.6 is 0 Å². The third kappa shape index (κ3) is 7.13. The Hall–Kier alpha value is -5.76. The molecule has 0 N–H and O–H groups in total. The smallest absolute Gasteiger partial charge is 0.342 e. The van der Waals surface area contributed by atoms with Crippen molar-refractivity contribution >= 4 is 17.8 Å². The van der Waals surface area contributed by atoms with E-state index in [9.17, 15) is 14.4 Å². The molecule has 0 saturated heterocycles. The van der Waals surface area contributed by atoms with Gasteiger partial charge in [-0.15, -0.1) is 0 Å². The number of hydrogen-bond acceptors (Lipinski definition) is 7. The predicted molar refractivity (Wildman–Crippen MR) is 182 cm³/mol. The van der Waals surface area contributed by atoms with Crippen LogP contribution in [0.3, 0.4) is 0 Å². The molecule has 8 nitrogen and oxygen atoms in total. The van der Waals surface area contributed by atoms with Gasteiger partial charge in [0.15, 0.2) is 5.75 Å². The minimum absolute atomic E-state index is 0.0642. The van der Waals surface area contributed by atoms with Gasteiger partial charge in [0.05, 0.1) is 23.4 Å². The van der Waals surface area contributed by atoms with Crippen LogP contribution in [0, 0.1) is 6.92 Å². The predicted octanol–water partition coefficient (Wildman–Crippen LogP) is 7.76. The van der Waals surface area contributed by atoms with Crippen LogP contribution in [0.5, 0.6) is 17.2 Å². The Morgan fingerprint density at radius 1 is 0.750 bits per heavy atom. The summed E-state index contributed by atoms with van der Waals surface area (Å²) >= 11 is 0. The van der Waals surface area contributed by atoms with E-state index in [1.54, 1.807) is 24.3 Å². The highest BCUT2D eigenvalue weighted by Gasteiger charge is 2.35. The number of pyridine rings is 1. The number of para-hydroxylation sites is 1. The van der Waals surface area contributed by atoms with E-state index >= 15 is 0 Å². The highest BCUT2D eigenvalue weighted by Crippen LogP contribution is 2.32. The number of imide groups is 1. The maximum atomic E-state index is 13.9. The first kappa shape index (κ1) is 32.2. The maximum absolute atomic E-state index is 13.9. The molecule has 8 heteroatoms. The standard InChI is InChI=1S/C40H36N2O6/c1-3-13-34-37(47-26-28-14-6-4-7-15-28)36(40(45)46-23-22-42-38(43)32-20-10-11-21-33(32)39(42)44)27(2)35(41-34)25-29-16-12-19-31(24-29)48-30-17-8-5-9-18-30/h4-12,14-21,24H,3,13,22-23,25-26H2,1-2H3. The summed E-state index contributed by atoms with van der Waals surface area (Å²) in [4.78, 5) is 45.8. The number of nitrogens with zero attached hydrogens (tertiary/aromatic N) is 2. The quantitative estimate of drug-likeness (QED) is 0.0959. The van der Waals surface area contributed by atoms with Crippen LogP contribution in [0.1, 0.15) is 72.5 Å². The average molecular weight is 641 g/mol. The zero-order valence-corrected chi connectivity index (χ0v) is 27.0. The van der Waals surface area contributed by atoms with Gasteiger partial charge in [0, 0.05) is 12.1 Å². The van der Waals surface area contributed by atoms with E-state index in [4.69, 9.17) is 19.2 Å². The Balaban J connectivity index is 1.28. The van der Waals surface area contributed by atoms with Gasteiger partial charge < -0.3 is 14.2 Å². The molecular formula is C40H36N2O6. The number of fused-ring (bicyclic) bond motifs is 1. The molecule has 2 amide bonds. The van der Waals surface area contributed by atoms with Crippen LogP contribution in [0.2, 0.25) is 0 Å². The van der Waals surface area contributed by atoms with Gasteiger partial charge in [-0.25, -0.2) is 4.79 Å². The first-order valence-corrected chi connectivity index (χ1v) is 16.1. The lowest BCUT2D eigenvalue weighted by atomic mass is 9.98. The molecule has 0 aliphatic carbocycles. The summed E-state index contributed by atoms with van der Waals surface area (Å²) in [6, 6.07) is 33.8. The van der Waals surface area contributed by atoms with Crippen molar-refractivity contribution in [3.05, 3.63) is 154 Å². The second-order valence-corrected chi connectivity index (χ2v) is 11.5. The second-order valence-electron chi connectivity index (χ2n) is 11.5. The lowest BCUT2D eigenvalue weighted by Crippen LogP contribution is -2.33. The van der Waals surface area contributed by atoms with Crippen LogP contribution < -0.4 is 9.47 Å². The Kier molecular flexibility index (Phi) is 9.91. The molecule has 0 unspecified atom stereocenters.